The van der Waals surface area contributed by atoms with Gasteiger partial charge >= 0.3 is 12.1 Å². The molecule has 0 saturated carbocycles. The highest BCUT2D eigenvalue weighted by Crippen LogP contribution is 2.19. The number of hydrogen-bond acceptors (Lipinski definition) is 2. The van der Waals surface area contributed by atoms with Crippen molar-refractivity contribution in [2.24, 2.45) is 0 Å². The summed E-state index contributed by atoms with van der Waals surface area (Å²) in [6.07, 6.45) is -5.08. The largest absolute Gasteiger partial charge is 0.490 e. The van der Waals surface area contributed by atoms with Gasteiger partial charge in [-0.25, -0.2) is 4.79 Å². The number of carbonyl (C=O) groups is 2. The van der Waals surface area contributed by atoms with E-state index in [0.29, 0.717) is 5.56 Å². The lowest BCUT2D eigenvalue weighted by molar-refractivity contribution is -0.192. The molecule has 0 bridgehead atoms. The second kappa shape index (κ2) is 7.98. The lowest BCUT2D eigenvalue weighted by Crippen LogP contribution is -2.21. The highest BCUT2D eigenvalue weighted by atomic mass is 19.4. The predicted octanol–water partition coefficient (Wildman–Crippen LogP) is 3.35. The second-order valence-electron chi connectivity index (χ2n) is 4.33. The van der Waals surface area contributed by atoms with Crippen LogP contribution >= 0.6 is 0 Å². The molecular formula is C16H14F3NO3. The summed E-state index contributed by atoms with van der Waals surface area (Å²) in [7, 11) is 1.64. The first kappa shape index (κ1) is 18.2. The molecule has 0 aliphatic rings. The first-order valence-electron chi connectivity index (χ1n) is 6.43. The number of carboxylic acids is 1. The molecule has 0 saturated heterocycles. The van der Waals surface area contributed by atoms with E-state index in [1.54, 1.807) is 7.05 Å². The molecule has 1 amide bonds. The van der Waals surface area contributed by atoms with Gasteiger partial charge in [0.1, 0.15) is 0 Å². The number of rotatable bonds is 2. The number of hydrogen-bond donors (Lipinski definition) is 2. The Morgan fingerprint density at radius 1 is 0.957 bits per heavy atom. The van der Waals surface area contributed by atoms with Crippen molar-refractivity contribution in [2.45, 2.75) is 6.18 Å². The van der Waals surface area contributed by atoms with E-state index in [0.717, 1.165) is 11.1 Å². The molecule has 0 radical (unpaired) electrons. The Bertz CT molecular complexity index is 670. The Labute approximate surface area is 130 Å². The van der Waals surface area contributed by atoms with Crippen LogP contribution in [0.15, 0.2) is 54.6 Å². The van der Waals surface area contributed by atoms with Crippen molar-refractivity contribution < 1.29 is 27.9 Å². The highest BCUT2D eigenvalue weighted by molar-refractivity contribution is 5.95. The number of carboxylic acid groups (broad SMARTS) is 1. The van der Waals surface area contributed by atoms with Gasteiger partial charge in [0.25, 0.3) is 5.91 Å². The third-order valence-corrected chi connectivity index (χ3v) is 2.70. The van der Waals surface area contributed by atoms with Crippen LogP contribution in [-0.2, 0) is 4.79 Å². The summed E-state index contributed by atoms with van der Waals surface area (Å²) in [6, 6.07) is 17.6. The minimum Gasteiger partial charge on any atom is -0.475 e. The van der Waals surface area contributed by atoms with E-state index in [1.165, 1.54) is 0 Å². The van der Waals surface area contributed by atoms with Gasteiger partial charge in [-0.3, -0.25) is 4.79 Å². The van der Waals surface area contributed by atoms with Gasteiger partial charge in [0.15, 0.2) is 0 Å². The summed E-state index contributed by atoms with van der Waals surface area (Å²) in [5, 5.41) is 9.75. The number of amides is 1. The van der Waals surface area contributed by atoms with Gasteiger partial charge in [-0.1, -0.05) is 42.5 Å². The van der Waals surface area contributed by atoms with Crippen LogP contribution in [0.2, 0.25) is 0 Å². The molecule has 2 rings (SSSR count). The van der Waals surface area contributed by atoms with Crippen molar-refractivity contribution in [1.29, 1.82) is 0 Å². The first-order valence-corrected chi connectivity index (χ1v) is 6.43. The summed E-state index contributed by atoms with van der Waals surface area (Å²) < 4.78 is 31.7. The average Bonchev–Trinajstić information content (AvgIpc) is 2.54. The molecular weight excluding hydrogens is 311 g/mol. The fraction of sp³-hybridized carbons (Fsp3) is 0.125. The maximum absolute atomic E-state index is 11.5. The van der Waals surface area contributed by atoms with E-state index in [4.69, 9.17) is 9.90 Å². The zero-order chi connectivity index (χ0) is 17.5. The van der Waals surface area contributed by atoms with Crippen LogP contribution in [0.5, 0.6) is 0 Å². The molecule has 0 heterocycles. The fourth-order valence-corrected chi connectivity index (χ4v) is 1.61. The number of alkyl halides is 3. The SMILES string of the molecule is CNC(=O)c1cccc(-c2ccccc2)c1.O=C(O)C(F)(F)F. The minimum atomic E-state index is -5.08. The molecule has 2 aromatic rings. The van der Waals surface area contributed by atoms with E-state index >= 15 is 0 Å². The van der Waals surface area contributed by atoms with Crippen molar-refractivity contribution >= 4 is 11.9 Å². The van der Waals surface area contributed by atoms with Gasteiger partial charge in [0.05, 0.1) is 0 Å². The van der Waals surface area contributed by atoms with Crippen LogP contribution in [0.4, 0.5) is 13.2 Å². The molecule has 0 spiro atoms. The maximum Gasteiger partial charge on any atom is 0.490 e. The van der Waals surface area contributed by atoms with Gasteiger partial charge in [-0.2, -0.15) is 13.2 Å². The molecule has 4 nitrogen and oxygen atoms in total. The summed E-state index contributed by atoms with van der Waals surface area (Å²) in [5.41, 5.74) is 2.86. The van der Waals surface area contributed by atoms with Crippen molar-refractivity contribution in [3.63, 3.8) is 0 Å². The quantitative estimate of drug-likeness (QED) is 0.890. The Morgan fingerprint density at radius 2 is 1.48 bits per heavy atom. The van der Waals surface area contributed by atoms with Gasteiger partial charge in [0.2, 0.25) is 0 Å². The van der Waals surface area contributed by atoms with Crippen molar-refractivity contribution in [3.05, 3.63) is 60.2 Å². The van der Waals surface area contributed by atoms with Gasteiger partial charge in [-0.15, -0.1) is 0 Å². The number of aliphatic carboxylic acids is 1. The Kier molecular flexibility index (Phi) is 6.32. The first-order chi connectivity index (χ1) is 10.8. The van der Waals surface area contributed by atoms with Crippen LogP contribution in [-0.4, -0.2) is 30.2 Å². The zero-order valence-corrected chi connectivity index (χ0v) is 12.1. The van der Waals surface area contributed by atoms with E-state index in [9.17, 15) is 18.0 Å². The topological polar surface area (TPSA) is 66.4 Å². The molecule has 2 N–H and O–H groups in total. The summed E-state index contributed by atoms with van der Waals surface area (Å²) in [4.78, 5) is 20.4. The molecule has 23 heavy (non-hydrogen) atoms. The van der Waals surface area contributed by atoms with Crippen LogP contribution in [0.25, 0.3) is 11.1 Å². The van der Waals surface area contributed by atoms with Crippen molar-refractivity contribution in [2.75, 3.05) is 7.05 Å². The fourth-order valence-electron chi connectivity index (χ4n) is 1.61. The summed E-state index contributed by atoms with van der Waals surface area (Å²) >= 11 is 0. The van der Waals surface area contributed by atoms with Gasteiger partial charge in [-0.05, 0) is 23.3 Å². The number of carbonyl (C=O) groups excluding carboxylic acids is 1. The Balaban J connectivity index is 0.000000322. The molecule has 7 heteroatoms. The normalized spacial score (nSPS) is 10.3. The molecule has 0 aromatic heterocycles. The second-order valence-corrected chi connectivity index (χ2v) is 4.33. The number of nitrogens with one attached hydrogen (secondary N) is 1. The molecule has 0 unspecified atom stereocenters. The van der Waals surface area contributed by atoms with Gasteiger partial charge < -0.3 is 10.4 Å². The van der Waals surface area contributed by atoms with Crippen molar-refractivity contribution in [1.82, 2.24) is 5.32 Å². The van der Waals surface area contributed by atoms with Crippen molar-refractivity contribution in [3.8, 4) is 11.1 Å². The molecule has 0 atom stereocenters. The highest BCUT2D eigenvalue weighted by Gasteiger charge is 2.38. The van der Waals surface area contributed by atoms with Gasteiger partial charge in [0, 0.05) is 12.6 Å². The third-order valence-electron chi connectivity index (χ3n) is 2.70. The minimum absolute atomic E-state index is 0.0576. The molecule has 122 valence electrons. The Morgan fingerprint density at radius 3 is 1.96 bits per heavy atom. The molecule has 0 aliphatic carbocycles. The monoisotopic (exact) mass is 325 g/mol. The Hall–Kier alpha value is -2.83. The standard InChI is InChI=1S/C14H13NO.C2HF3O2/c1-15-14(16)13-9-5-8-12(10-13)11-6-3-2-4-7-11;3-2(4,5)1(6)7/h2-10H,1H3,(H,15,16);(H,6,7). The summed E-state index contributed by atoms with van der Waals surface area (Å²) in [6.45, 7) is 0. The van der Waals surface area contributed by atoms with E-state index < -0.39 is 12.1 Å². The van der Waals surface area contributed by atoms with Crippen LogP contribution in [0, 0.1) is 0 Å². The molecule has 0 aliphatic heterocycles. The summed E-state index contributed by atoms with van der Waals surface area (Å²) in [5.74, 6) is -2.81. The zero-order valence-electron chi connectivity index (χ0n) is 12.1. The smallest absolute Gasteiger partial charge is 0.475 e. The van der Waals surface area contributed by atoms with E-state index in [2.05, 4.69) is 5.32 Å². The molecule has 2 aromatic carbocycles. The number of benzene rings is 2. The third kappa shape index (κ3) is 5.82. The number of halogens is 3. The average molecular weight is 325 g/mol. The van der Waals surface area contributed by atoms with E-state index in [1.807, 2.05) is 54.6 Å². The maximum atomic E-state index is 11.5. The van der Waals surface area contributed by atoms with E-state index in [-0.39, 0.29) is 5.91 Å². The van der Waals surface area contributed by atoms with Crippen LogP contribution < -0.4 is 5.32 Å². The van der Waals surface area contributed by atoms with Crippen LogP contribution in [0.3, 0.4) is 0 Å². The predicted molar refractivity (Wildman–Crippen MR) is 79.0 cm³/mol. The lowest BCUT2D eigenvalue weighted by atomic mass is 10.0. The van der Waals surface area contributed by atoms with Crippen LogP contribution in [0.1, 0.15) is 10.4 Å². The lowest BCUT2D eigenvalue weighted by Gasteiger charge is -2.04. The molecule has 0 fully saturated rings.